The number of carbonyl (C=O) groups is 2. The van der Waals surface area contributed by atoms with Crippen LogP contribution in [-0.2, 0) is 9.59 Å². The molecule has 2 rings (SSSR count). The van der Waals surface area contributed by atoms with Gasteiger partial charge in [-0.05, 0) is 38.0 Å². The SMILES string of the molecule is CCC(C(N)=O)(C1CCC(C(F)(F)F)CC1)N1CCN(C(C)=O)CC1. The molecule has 1 aliphatic heterocycles. The van der Waals surface area contributed by atoms with E-state index in [-0.39, 0.29) is 24.7 Å². The lowest BCUT2D eigenvalue weighted by atomic mass is 9.69. The van der Waals surface area contributed by atoms with Crippen molar-refractivity contribution in [1.29, 1.82) is 0 Å². The Morgan fingerprint density at radius 2 is 1.48 bits per heavy atom. The molecule has 8 heteroatoms. The second-order valence-electron chi connectivity index (χ2n) is 7.23. The van der Waals surface area contributed by atoms with Gasteiger partial charge in [0.1, 0.15) is 5.54 Å². The number of halogens is 3. The van der Waals surface area contributed by atoms with E-state index in [1.54, 1.807) is 4.90 Å². The summed E-state index contributed by atoms with van der Waals surface area (Å²) in [6.07, 6.45) is -2.88. The number of piperazine rings is 1. The van der Waals surface area contributed by atoms with Crippen molar-refractivity contribution in [3.05, 3.63) is 0 Å². The Morgan fingerprint density at radius 3 is 1.84 bits per heavy atom. The van der Waals surface area contributed by atoms with E-state index in [1.165, 1.54) is 6.92 Å². The Labute approximate surface area is 146 Å². The maximum atomic E-state index is 12.9. The summed E-state index contributed by atoms with van der Waals surface area (Å²) in [6, 6.07) is 0. The Bertz CT molecular complexity index is 496. The molecule has 2 N–H and O–H groups in total. The van der Waals surface area contributed by atoms with Crippen LogP contribution in [-0.4, -0.2) is 59.5 Å². The van der Waals surface area contributed by atoms with Gasteiger partial charge in [0, 0.05) is 33.1 Å². The molecule has 1 aliphatic carbocycles. The number of alkyl halides is 3. The molecule has 1 atom stereocenters. The predicted molar refractivity (Wildman–Crippen MR) is 87.5 cm³/mol. The lowest BCUT2D eigenvalue weighted by Crippen LogP contribution is -2.66. The van der Waals surface area contributed by atoms with Gasteiger partial charge in [-0.1, -0.05) is 6.92 Å². The Hall–Kier alpha value is -1.31. The topological polar surface area (TPSA) is 66.6 Å². The summed E-state index contributed by atoms with van der Waals surface area (Å²) < 4.78 is 38.8. The van der Waals surface area contributed by atoms with Crippen LogP contribution in [0.3, 0.4) is 0 Å². The fraction of sp³-hybridized carbons (Fsp3) is 0.882. The highest BCUT2D eigenvalue weighted by molar-refractivity contribution is 5.85. The van der Waals surface area contributed by atoms with Gasteiger partial charge in [-0.3, -0.25) is 14.5 Å². The van der Waals surface area contributed by atoms with Crippen LogP contribution in [0, 0.1) is 11.8 Å². The van der Waals surface area contributed by atoms with Crippen LogP contribution in [0.2, 0.25) is 0 Å². The first-order chi connectivity index (χ1) is 11.6. The van der Waals surface area contributed by atoms with Crippen LogP contribution in [0.25, 0.3) is 0 Å². The highest BCUT2D eigenvalue weighted by atomic mass is 19.4. The van der Waals surface area contributed by atoms with Crippen LogP contribution in [0.15, 0.2) is 0 Å². The maximum absolute atomic E-state index is 12.9. The van der Waals surface area contributed by atoms with Crippen LogP contribution in [0.4, 0.5) is 13.2 Å². The quantitative estimate of drug-likeness (QED) is 0.832. The lowest BCUT2D eigenvalue weighted by molar-refractivity contribution is -0.187. The van der Waals surface area contributed by atoms with E-state index in [9.17, 15) is 22.8 Å². The van der Waals surface area contributed by atoms with Gasteiger partial charge in [0.15, 0.2) is 0 Å². The molecule has 25 heavy (non-hydrogen) atoms. The fourth-order valence-corrected chi connectivity index (χ4v) is 4.62. The molecule has 1 saturated heterocycles. The van der Waals surface area contributed by atoms with E-state index in [0.717, 1.165) is 0 Å². The van der Waals surface area contributed by atoms with Crippen LogP contribution in [0.1, 0.15) is 46.0 Å². The number of rotatable bonds is 4. The zero-order chi connectivity index (χ0) is 18.8. The summed E-state index contributed by atoms with van der Waals surface area (Å²) in [6.45, 7) is 5.46. The summed E-state index contributed by atoms with van der Waals surface area (Å²) in [5, 5.41) is 0. The van der Waals surface area contributed by atoms with E-state index in [1.807, 2.05) is 11.8 Å². The largest absolute Gasteiger partial charge is 0.391 e. The molecule has 0 bridgehead atoms. The molecule has 0 aromatic rings. The molecular formula is C17H28F3N3O2. The van der Waals surface area contributed by atoms with Gasteiger partial charge in [0.2, 0.25) is 11.8 Å². The molecule has 0 spiro atoms. The van der Waals surface area contributed by atoms with Gasteiger partial charge < -0.3 is 10.6 Å². The van der Waals surface area contributed by atoms with Gasteiger partial charge in [0.05, 0.1) is 5.92 Å². The molecule has 2 aliphatic rings. The predicted octanol–water partition coefficient (Wildman–Crippen LogP) is 2.15. The first-order valence-corrected chi connectivity index (χ1v) is 9.00. The fourth-order valence-electron chi connectivity index (χ4n) is 4.62. The van der Waals surface area contributed by atoms with Crippen molar-refractivity contribution < 1.29 is 22.8 Å². The smallest absolute Gasteiger partial charge is 0.368 e. The van der Waals surface area contributed by atoms with E-state index in [4.69, 9.17) is 5.73 Å². The molecule has 144 valence electrons. The molecule has 0 radical (unpaired) electrons. The molecular weight excluding hydrogens is 335 g/mol. The van der Waals surface area contributed by atoms with Crippen LogP contribution in [0.5, 0.6) is 0 Å². The molecule has 5 nitrogen and oxygen atoms in total. The summed E-state index contributed by atoms with van der Waals surface area (Å²) in [4.78, 5) is 27.7. The average Bonchev–Trinajstić information content (AvgIpc) is 2.56. The monoisotopic (exact) mass is 363 g/mol. The Kier molecular flexibility index (Phi) is 6.01. The zero-order valence-electron chi connectivity index (χ0n) is 14.9. The van der Waals surface area contributed by atoms with E-state index in [0.29, 0.717) is 45.4 Å². The number of amides is 2. The molecule has 2 fully saturated rings. The molecule has 1 unspecified atom stereocenters. The first-order valence-electron chi connectivity index (χ1n) is 9.00. The number of hydrogen-bond donors (Lipinski definition) is 1. The van der Waals surface area contributed by atoms with Gasteiger partial charge >= 0.3 is 6.18 Å². The molecule has 1 heterocycles. The summed E-state index contributed by atoms with van der Waals surface area (Å²) in [7, 11) is 0. The lowest BCUT2D eigenvalue weighted by Gasteiger charge is -2.51. The number of carbonyl (C=O) groups excluding carboxylic acids is 2. The van der Waals surface area contributed by atoms with Crippen molar-refractivity contribution in [2.75, 3.05) is 26.2 Å². The molecule has 0 aromatic heterocycles. The molecule has 0 aromatic carbocycles. The molecule has 2 amide bonds. The van der Waals surface area contributed by atoms with Crippen molar-refractivity contribution in [2.45, 2.75) is 57.7 Å². The minimum absolute atomic E-state index is 0.00786. The van der Waals surface area contributed by atoms with Crippen molar-refractivity contribution >= 4 is 11.8 Å². The third-order valence-corrected chi connectivity index (χ3v) is 6.12. The van der Waals surface area contributed by atoms with Crippen molar-refractivity contribution in [2.24, 2.45) is 17.6 Å². The number of hydrogen-bond acceptors (Lipinski definition) is 3. The maximum Gasteiger partial charge on any atom is 0.391 e. The minimum Gasteiger partial charge on any atom is -0.368 e. The van der Waals surface area contributed by atoms with Crippen molar-refractivity contribution in [3.63, 3.8) is 0 Å². The summed E-state index contributed by atoms with van der Waals surface area (Å²) >= 11 is 0. The van der Waals surface area contributed by atoms with E-state index < -0.39 is 23.5 Å². The highest BCUT2D eigenvalue weighted by Crippen LogP contribution is 2.45. The van der Waals surface area contributed by atoms with E-state index in [2.05, 4.69) is 0 Å². The normalized spacial score (nSPS) is 28.4. The Morgan fingerprint density at radius 1 is 1.00 bits per heavy atom. The van der Waals surface area contributed by atoms with Gasteiger partial charge in [-0.2, -0.15) is 13.2 Å². The van der Waals surface area contributed by atoms with Gasteiger partial charge in [-0.15, -0.1) is 0 Å². The second kappa shape index (κ2) is 7.51. The number of nitrogens with zero attached hydrogens (tertiary/aromatic N) is 2. The standard InChI is InChI=1S/C17H28F3N3O2/c1-3-16(15(21)25,23-10-8-22(9-11-23)12(2)24)13-4-6-14(7-5-13)17(18,19)20/h13-14H,3-11H2,1-2H3,(H2,21,25). The molecule has 1 saturated carbocycles. The van der Waals surface area contributed by atoms with Gasteiger partial charge in [-0.25, -0.2) is 0 Å². The van der Waals surface area contributed by atoms with Crippen molar-refractivity contribution in [3.8, 4) is 0 Å². The summed E-state index contributed by atoms with van der Waals surface area (Å²) in [5.74, 6) is -1.91. The van der Waals surface area contributed by atoms with Crippen molar-refractivity contribution in [1.82, 2.24) is 9.80 Å². The number of primary amides is 1. The van der Waals surface area contributed by atoms with Gasteiger partial charge in [0.25, 0.3) is 0 Å². The average molecular weight is 363 g/mol. The summed E-state index contributed by atoms with van der Waals surface area (Å²) in [5.41, 5.74) is 4.86. The second-order valence-corrected chi connectivity index (χ2v) is 7.23. The van der Waals surface area contributed by atoms with E-state index >= 15 is 0 Å². The third-order valence-electron chi connectivity index (χ3n) is 6.12. The van der Waals surface area contributed by atoms with Crippen LogP contribution < -0.4 is 5.73 Å². The minimum atomic E-state index is -4.17. The third kappa shape index (κ3) is 3.93. The zero-order valence-corrected chi connectivity index (χ0v) is 14.9. The number of nitrogens with two attached hydrogens (primary N) is 1. The first kappa shape index (κ1) is 20.0. The highest BCUT2D eigenvalue weighted by Gasteiger charge is 2.51. The Balaban J connectivity index is 2.14. The van der Waals surface area contributed by atoms with Crippen LogP contribution >= 0.6 is 0 Å².